The Morgan fingerprint density at radius 2 is 1.67 bits per heavy atom. The molecular weight excluding hydrogens is 389 g/mol. The molecule has 1 N–H and O–H groups in total. The molecule has 0 saturated heterocycles. The van der Waals surface area contributed by atoms with Gasteiger partial charge in [0.15, 0.2) is 17.3 Å². The summed E-state index contributed by atoms with van der Waals surface area (Å²) in [5.41, 5.74) is 0.802. The Labute approximate surface area is 172 Å². The van der Waals surface area contributed by atoms with E-state index in [1.54, 1.807) is 42.5 Å². The van der Waals surface area contributed by atoms with Crippen LogP contribution < -0.4 is 19.5 Å². The predicted molar refractivity (Wildman–Crippen MR) is 107 cm³/mol. The van der Waals surface area contributed by atoms with E-state index < -0.39 is 11.7 Å². The van der Waals surface area contributed by atoms with Gasteiger partial charge in [-0.1, -0.05) is 18.2 Å². The predicted octanol–water partition coefficient (Wildman–Crippen LogP) is 3.59. The van der Waals surface area contributed by atoms with E-state index in [0.29, 0.717) is 22.8 Å². The van der Waals surface area contributed by atoms with Crippen molar-refractivity contribution >= 4 is 11.7 Å². The summed E-state index contributed by atoms with van der Waals surface area (Å²) in [7, 11) is 0. The number of hydrogen-bond acceptors (Lipinski definition) is 5. The van der Waals surface area contributed by atoms with Crippen molar-refractivity contribution in [3.05, 3.63) is 89.2 Å². The topological polar surface area (TPSA) is 73.9 Å². The number of ketones is 1. The van der Waals surface area contributed by atoms with Gasteiger partial charge in [-0.25, -0.2) is 4.39 Å². The van der Waals surface area contributed by atoms with Crippen LogP contribution in [0.15, 0.2) is 66.7 Å². The molecule has 0 fully saturated rings. The monoisotopic (exact) mass is 407 g/mol. The molecule has 0 radical (unpaired) electrons. The van der Waals surface area contributed by atoms with Gasteiger partial charge < -0.3 is 19.5 Å². The number of halogens is 1. The highest BCUT2D eigenvalue weighted by molar-refractivity contribution is 6.15. The third-order valence-corrected chi connectivity index (χ3v) is 4.52. The van der Waals surface area contributed by atoms with Gasteiger partial charge >= 0.3 is 0 Å². The molecular formula is C23H18FNO5. The maximum absolute atomic E-state index is 13.1. The van der Waals surface area contributed by atoms with Gasteiger partial charge in [0.1, 0.15) is 18.2 Å². The molecule has 7 heteroatoms. The van der Waals surface area contributed by atoms with Crippen molar-refractivity contribution < 1.29 is 28.2 Å². The highest BCUT2D eigenvalue weighted by Gasteiger charge is 2.18. The first-order valence-corrected chi connectivity index (χ1v) is 9.32. The van der Waals surface area contributed by atoms with E-state index in [2.05, 4.69) is 5.32 Å². The van der Waals surface area contributed by atoms with Gasteiger partial charge in [0, 0.05) is 17.2 Å². The second kappa shape index (κ2) is 8.65. The number of amides is 1. The molecule has 0 atom stereocenters. The van der Waals surface area contributed by atoms with Gasteiger partial charge in [-0.05, 0) is 42.5 Å². The first-order chi connectivity index (χ1) is 14.6. The number of nitrogens with one attached hydrogen (secondary N) is 1. The Morgan fingerprint density at radius 1 is 0.933 bits per heavy atom. The molecule has 0 bridgehead atoms. The van der Waals surface area contributed by atoms with E-state index in [-0.39, 0.29) is 36.9 Å². The van der Waals surface area contributed by atoms with Crippen LogP contribution in [0, 0.1) is 5.82 Å². The number of hydrogen-bond donors (Lipinski definition) is 1. The SMILES string of the molecule is O=C(NCCOc1ccc2c(c1)OCO2)c1ccccc1C(=O)c1ccc(F)cc1. The third-order valence-electron chi connectivity index (χ3n) is 4.52. The number of fused-ring (bicyclic) bond motifs is 1. The molecule has 6 nitrogen and oxygen atoms in total. The largest absolute Gasteiger partial charge is 0.492 e. The minimum Gasteiger partial charge on any atom is -0.492 e. The molecule has 3 aromatic rings. The Hall–Kier alpha value is -3.87. The van der Waals surface area contributed by atoms with E-state index in [1.807, 2.05) is 0 Å². The first kappa shape index (κ1) is 19.4. The molecule has 0 spiro atoms. The van der Waals surface area contributed by atoms with Gasteiger partial charge in [-0.15, -0.1) is 0 Å². The van der Waals surface area contributed by atoms with Crippen LogP contribution in [0.5, 0.6) is 17.2 Å². The Morgan fingerprint density at radius 3 is 2.47 bits per heavy atom. The number of ether oxygens (including phenoxy) is 3. The molecule has 30 heavy (non-hydrogen) atoms. The van der Waals surface area contributed by atoms with Crippen LogP contribution in [-0.2, 0) is 0 Å². The molecule has 1 aliphatic rings. The van der Waals surface area contributed by atoms with E-state index in [9.17, 15) is 14.0 Å². The molecule has 0 aliphatic carbocycles. The van der Waals surface area contributed by atoms with E-state index in [4.69, 9.17) is 14.2 Å². The lowest BCUT2D eigenvalue weighted by atomic mass is 9.98. The maximum atomic E-state index is 13.1. The number of rotatable bonds is 7. The molecule has 1 heterocycles. The summed E-state index contributed by atoms with van der Waals surface area (Å²) in [6.45, 7) is 0.663. The fourth-order valence-corrected chi connectivity index (χ4v) is 3.03. The molecule has 0 saturated carbocycles. The lowest BCUT2D eigenvalue weighted by Crippen LogP contribution is -2.29. The fourth-order valence-electron chi connectivity index (χ4n) is 3.03. The normalized spacial score (nSPS) is 11.8. The second-order valence-corrected chi connectivity index (χ2v) is 6.50. The fraction of sp³-hybridized carbons (Fsp3) is 0.130. The van der Waals surface area contributed by atoms with Crippen LogP contribution in [0.1, 0.15) is 26.3 Å². The Balaban J connectivity index is 1.37. The maximum Gasteiger partial charge on any atom is 0.252 e. The molecule has 3 aromatic carbocycles. The van der Waals surface area contributed by atoms with Crippen molar-refractivity contribution in [2.24, 2.45) is 0 Å². The number of carbonyl (C=O) groups excluding carboxylic acids is 2. The van der Waals surface area contributed by atoms with E-state index in [0.717, 1.165) is 0 Å². The summed E-state index contributed by atoms with van der Waals surface area (Å²) < 4.78 is 29.3. The standard InChI is InChI=1S/C23H18FNO5/c24-16-7-5-15(6-8-16)22(26)18-3-1-2-4-19(18)23(27)25-11-12-28-17-9-10-20-21(13-17)30-14-29-20/h1-10,13H,11-12,14H2,(H,25,27). The minimum absolute atomic E-state index is 0.185. The van der Waals surface area contributed by atoms with Crippen LogP contribution in [-0.4, -0.2) is 31.6 Å². The Kier molecular flexibility index (Phi) is 5.61. The van der Waals surface area contributed by atoms with Crippen LogP contribution in [0.25, 0.3) is 0 Å². The second-order valence-electron chi connectivity index (χ2n) is 6.50. The summed E-state index contributed by atoms with van der Waals surface area (Å²) >= 11 is 0. The third kappa shape index (κ3) is 4.25. The van der Waals surface area contributed by atoms with Gasteiger partial charge in [-0.3, -0.25) is 9.59 Å². The van der Waals surface area contributed by atoms with Gasteiger partial charge in [0.05, 0.1) is 12.1 Å². The van der Waals surface area contributed by atoms with Crippen molar-refractivity contribution in [3.63, 3.8) is 0 Å². The lowest BCUT2D eigenvalue weighted by Gasteiger charge is -2.11. The van der Waals surface area contributed by atoms with Crippen molar-refractivity contribution in [2.45, 2.75) is 0 Å². The Bertz CT molecular complexity index is 1080. The first-order valence-electron chi connectivity index (χ1n) is 9.32. The zero-order valence-corrected chi connectivity index (χ0v) is 15.9. The van der Waals surface area contributed by atoms with Gasteiger partial charge in [-0.2, -0.15) is 0 Å². The number of benzene rings is 3. The molecule has 0 aromatic heterocycles. The van der Waals surface area contributed by atoms with Crippen molar-refractivity contribution in [1.29, 1.82) is 0 Å². The average molecular weight is 407 g/mol. The van der Waals surface area contributed by atoms with Gasteiger partial charge in [0.2, 0.25) is 6.79 Å². The molecule has 1 amide bonds. The molecule has 4 rings (SSSR count). The van der Waals surface area contributed by atoms with E-state index >= 15 is 0 Å². The summed E-state index contributed by atoms with van der Waals surface area (Å²) in [6.07, 6.45) is 0. The summed E-state index contributed by atoms with van der Waals surface area (Å²) in [5.74, 6) is 0.705. The van der Waals surface area contributed by atoms with Crippen molar-refractivity contribution in [3.8, 4) is 17.2 Å². The summed E-state index contributed by atoms with van der Waals surface area (Å²) in [4.78, 5) is 25.3. The van der Waals surface area contributed by atoms with Crippen LogP contribution in [0.2, 0.25) is 0 Å². The smallest absolute Gasteiger partial charge is 0.252 e. The van der Waals surface area contributed by atoms with E-state index in [1.165, 1.54) is 24.3 Å². The molecule has 152 valence electrons. The highest BCUT2D eigenvalue weighted by Crippen LogP contribution is 2.35. The highest BCUT2D eigenvalue weighted by atomic mass is 19.1. The van der Waals surface area contributed by atoms with Crippen LogP contribution in [0.4, 0.5) is 4.39 Å². The van der Waals surface area contributed by atoms with Crippen LogP contribution in [0.3, 0.4) is 0 Å². The summed E-state index contributed by atoms with van der Waals surface area (Å²) in [6, 6.07) is 17.0. The lowest BCUT2D eigenvalue weighted by molar-refractivity contribution is 0.0936. The number of carbonyl (C=O) groups is 2. The molecule has 1 aliphatic heterocycles. The zero-order chi connectivity index (χ0) is 20.9. The molecule has 0 unspecified atom stereocenters. The quantitative estimate of drug-likeness (QED) is 0.479. The van der Waals surface area contributed by atoms with Crippen LogP contribution >= 0.6 is 0 Å². The average Bonchev–Trinajstić information content (AvgIpc) is 3.24. The van der Waals surface area contributed by atoms with Crippen molar-refractivity contribution in [1.82, 2.24) is 5.32 Å². The van der Waals surface area contributed by atoms with Crippen molar-refractivity contribution in [2.75, 3.05) is 19.9 Å². The van der Waals surface area contributed by atoms with Gasteiger partial charge in [0.25, 0.3) is 5.91 Å². The summed E-state index contributed by atoms with van der Waals surface area (Å²) in [5, 5.41) is 2.75. The zero-order valence-electron chi connectivity index (χ0n) is 15.9. The minimum atomic E-state index is -0.431.